The molecular weight excluding hydrogens is 338 g/mol. The summed E-state index contributed by atoms with van der Waals surface area (Å²) < 4.78 is 7.03. The Morgan fingerprint density at radius 1 is 1.15 bits per heavy atom. The average molecular weight is 363 g/mol. The number of aromatic amines is 1. The van der Waals surface area contributed by atoms with Gasteiger partial charge < -0.3 is 10.1 Å². The number of rotatable bonds is 6. The molecule has 4 rings (SSSR count). The van der Waals surface area contributed by atoms with E-state index in [9.17, 15) is 4.79 Å². The molecular formula is C22H25N3O2. The third kappa shape index (κ3) is 3.69. The second-order valence-electron chi connectivity index (χ2n) is 7.01. The minimum Gasteiger partial charge on any atom is -0.494 e. The second kappa shape index (κ2) is 7.84. The van der Waals surface area contributed by atoms with Crippen LogP contribution in [0.5, 0.6) is 5.75 Å². The Kier molecular flexibility index (Phi) is 5.12. The number of aromatic nitrogens is 2. The minimum atomic E-state index is 0.0315. The summed E-state index contributed by atoms with van der Waals surface area (Å²) in [5.74, 6) is 0.690. The van der Waals surface area contributed by atoms with Crippen LogP contribution in [0.1, 0.15) is 23.2 Å². The van der Waals surface area contributed by atoms with Crippen LogP contribution in [0.2, 0.25) is 0 Å². The summed E-state index contributed by atoms with van der Waals surface area (Å²) in [4.78, 5) is 13.0. The summed E-state index contributed by atoms with van der Waals surface area (Å²) in [5, 5.41) is 6.91. The Morgan fingerprint density at radius 2 is 1.93 bits per heavy atom. The summed E-state index contributed by atoms with van der Waals surface area (Å²) in [5.41, 5.74) is 4.06. The molecule has 0 radical (unpaired) electrons. The standard InChI is InChI=1S/C22H25N3O2/c1-27-21-10-6-5-9-20(21)25-22(26)18-15-17(11-12-19(18)24-25)23-14-13-16-7-3-2-4-8-16/h2-10,17,23-24H,11-15H2,1H3. The highest BCUT2D eigenvalue weighted by Gasteiger charge is 2.25. The molecule has 0 saturated heterocycles. The molecule has 1 atom stereocenters. The Morgan fingerprint density at radius 3 is 2.74 bits per heavy atom. The van der Waals surface area contributed by atoms with Crippen molar-refractivity contribution in [3.05, 3.63) is 81.8 Å². The van der Waals surface area contributed by atoms with E-state index in [0.717, 1.165) is 49.2 Å². The summed E-state index contributed by atoms with van der Waals surface area (Å²) >= 11 is 0. The zero-order valence-electron chi connectivity index (χ0n) is 15.6. The number of aryl methyl sites for hydroxylation is 1. The van der Waals surface area contributed by atoms with Crippen molar-refractivity contribution in [2.45, 2.75) is 31.7 Å². The van der Waals surface area contributed by atoms with E-state index in [-0.39, 0.29) is 5.56 Å². The van der Waals surface area contributed by atoms with E-state index in [1.807, 2.05) is 30.3 Å². The maximum atomic E-state index is 13.0. The molecule has 0 amide bonds. The number of para-hydroxylation sites is 2. The molecule has 1 aromatic heterocycles. The Bertz CT molecular complexity index is 959. The van der Waals surface area contributed by atoms with E-state index < -0.39 is 0 Å². The van der Waals surface area contributed by atoms with Crippen molar-refractivity contribution in [2.24, 2.45) is 0 Å². The predicted octanol–water partition coefficient (Wildman–Crippen LogP) is 2.86. The number of methoxy groups -OCH3 is 1. The zero-order valence-corrected chi connectivity index (χ0v) is 15.6. The minimum absolute atomic E-state index is 0.0315. The highest BCUT2D eigenvalue weighted by molar-refractivity contribution is 5.46. The van der Waals surface area contributed by atoms with Crippen LogP contribution in [0, 0.1) is 0 Å². The second-order valence-corrected chi connectivity index (χ2v) is 7.01. The molecule has 27 heavy (non-hydrogen) atoms. The van der Waals surface area contributed by atoms with Gasteiger partial charge in [0.15, 0.2) is 0 Å². The zero-order chi connectivity index (χ0) is 18.6. The lowest BCUT2D eigenvalue weighted by atomic mass is 9.93. The maximum absolute atomic E-state index is 13.0. The molecule has 2 N–H and O–H groups in total. The van der Waals surface area contributed by atoms with Crippen LogP contribution in [0.3, 0.4) is 0 Å². The molecule has 3 aromatic rings. The number of hydrogen-bond donors (Lipinski definition) is 2. The number of nitrogens with one attached hydrogen (secondary N) is 2. The SMILES string of the molecule is COc1ccccc1-n1[nH]c2c(c1=O)CC(NCCc1ccccc1)CC2. The van der Waals surface area contributed by atoms with Crippen LogP contribution in [0.25, 0.3) is 5.69 Å². The van der Waals surface area contributed by atoms with Crippen molar-refractivity contribution >= 4 is 0 Å². The van der Waals surface area contributed by atoms with Gasteiger partial charge in [0.25, 0.3) is 5.56 Å². The van der Waals surface area contributed by atoms with Crippen LogP contribution in [-0.2, 0) is 19.3 Å². The largest absolute Gasteiger partial charge is 0.494 e. The van der Waals surface area contributed by atoms with Crippen molar-refractivity contribution in [2.75, 3.05) is 13.7 Å². The lowest BCUT2D eigenvalue weighted by Crippen LogP contribution is -2.37. The molecule has 140 valence electrons. The highest BCUT2D eigenvalue weighted by Crippen LogP contribution is 2.23. The van der Waals surface area contributed by atoms with Gasteiger partial charge in [0.2, 0.25) is 0 Å². The summed E-state index contributed by atoms with van der Waals surface area (Å²) in [7, 11) is 1.62. The van der Waals surface area contributed by atoms with Gasteiger partial charge in [0.05, 0.1) is 7.11 Å². The van der Waals surface area contributed by atoms with E-state index in [4.69, 9.17) is 4.74 Å². The van der Waals surface area contributed by atoms with Gasteiger partial charge >= 0.3 is 0 Å². The predicted molar refractivity (Wildman–Crippen MR) is 107 cm³/mol. The first-order valence-electron chi connectivity index (χ1n) is 9.49. The van der Waals surface area contributed by atoms with Gasteiger partial charge in [-0.25, -0.2) is 4.68 Å². The first kappa shape index (κ1) is 17.6. The number of hydrogen-bond acceptors (Lipinski definition) is 3. The van der Waals surface area contributed by atoms with Gasteiger partial charge in [-0.1, -0.05) is 42.5 Å². The number of fused-ring (bicyclic) bond motifs is 1. The van der Waals surface area contributed by atoms with Gasteiger partial charge in [-0.05, 0) is 49.9 Å². The van der Waals surface area contributed by atoms with Crippen molar-refractivity contribution < 1.29 is 4.74 Å². The first-order valence-corrected chi connectivity index (χ1v) is 9.49. The quantitative estimate of drug-likeness (QED) is 0.708. The van der Waals surface area contributed by atoms with Gasteiger partial charge in [-0.3, -0.25) is 9.89 Å². The molecule has 0 fully saturated rings. The molecule has 1 unspecified atom stereocenters. The van der Waals surface area contributed by atoms with Crippen molar-refractivity contribution in [3.63, 3.8) is 0 Å². The first-order chi connectivity index (χ1) is 13.3. The highest BCUT2D eigenvalue weighted by atomic mass is 16.5. The molecule has 1 aliphatic carbocycles. The van der Waals surface area contributed by atoms with E-state index in [0.29, 0.717) is 11.8 Å². The smallest absolute Gasteiger partial charge is 0.274 e. The number of benzene rings is 2. The monoisotopic (exact) mass is 363 g/mol. The van der Waals surface area contributed by atoms with Crippen LogP contribution in [0.4, 0.5) is 0 Å². The lowest BCUT2D eigenvalue weighted by molar-refractivity contribution is 0.411. The van der Waals surface area contributed by atoms with E-state index in [1.165, 1.54) is 5.56 Å². The van der Waals surface area contributed by atoms with E-state index in [2.05, 4.69) is 34.7 Å². The summed E-state index contributed by atoms with van der Waals surface area (Å²) in [6, 6.07) is 18.4. The van der Waals surface area contributed by atoms with E-state index >= 15 is 0 Å². The fraction of sp³-hybridized carbons (Fsp3) is 0.318. The third-order valence-corrected chi connectivity index (χ3v) is 5.28. The Balaban J connectivity index is 1.47. The molecule has 1 heterocycles. The lowest BCUT2D eigenvalue weighted by Gasteiger charge is -2.22. The number of ether oxygens (including phenoxy) is 1. The van der Waals surface area contributed by atoms with Crippen LogP contribution in [-0.4, -0.2) is 29.5 Å². The van der Waals surface area contributed by atoms with E-state index in [1.54, 1.807) is 11.8 Å². The Hall–Kier alpha value is -2.79. The van der Waals surface area contributed by atoms with Crippen LogP contribution >= 0.6 is 0 Å². The van der Waals surface area contributed by atoms with Crippen molar-refractivity contribution in [1.29, 1.82) is 0 Å². The van der Waals surface area contributed by atoms with Gasteiger partial charge in [0, 0.05) is 17.3 Å². The molecule has 0 saturated carbocycles. The molecule has 5 nitrogen and oxygen atoms in total. The van der Waals surface area contributed by atoms with Gasteiger partial charge in [-0.15, -0.1) is 0 Å². The molecule has 1 aliphatic rings. The van der Waals surface area contributed by atoms with Gasteiger partial charge in [-0.2, -0.15) is 0 Å². The topological polar surface area (TPSA) is 59.0 Å². The normalized spacial score (nSPS) is 16.1. The fourth-order valence-electron chi connectivity index (χ4n) is 3.83. The van der Waals surface area contributed by atoms with Crippen LogP contribution < -0.4 is 15.6 Å². The Labute approximate surface area is 159 Å². The molecule has 5 heteroatoms. The average Bonchev–Trinajstić information content (AvgIpc) is 3.05. The number of nitrogens with zero attached hydrogens (tertiary/aromatic N) is 1. The number of H-pyrrole nitrogens is 1. The summed E-state index contributed by atoms with van der Waals surface area (Å²) in [6.45, 7) is 0.926. The third-order valence-electron chi connectivity index (χ3n) is 5.28. The molecule has 0 bridgehead atoms. The summed E-state index contributed by atoms with van der Waals surface area (Å²) in [6.07, 6.45) is 3.69. The van der Waals surface area contributed by atoms with Gasteiger partial charge in [0.1, 0.15) is 11.4 Å². The molecule has 2 aromatic carbocycles. The van der Waals surface area contributed by atoms with Crippen molar-refractivity contribution in [1.82, 2.24) is 15.1 Å². The van der Waals surface area contributed by atoms with Crippen molar-refractivity contribution in [3.8, 4) is 11.4 Å². The maximum Gasteiger partial charge on any atom is 0.274 e. The fourth-order valence-corrected chi connectivity index (χ4v) is 3.83. The van der Waals surface area contributed by atoms with Crippen LogP contribution in [0.15, 0.2) is 59.4 Å². The molecule has 0 spiro atoms. The molecule has 0 aliphatic heterocycles.